The molecule has 0 spiro atoms. The van der Waals surface area contributed by atoms with Crippen molar-refractivity contribution in [1.82, 2.24) is 24.4 Å². The smallest absolute Gasteiger partial charge is 0.225 e. The number of aromatic nitrogens is 4. The van der Waals surface area contributed by atoms with E-state index in [1.165, 1.54) is 12.4 Å². The molecule has 0 saturated carbocycles. The lowest BCUT2D eigenvalue weighted by molar-refractivity contribution is -0.139. The Labute approximate surface area is 151 Å². The summed E-state index contributed by atoms with van der Waals surface area (Å²) >= 11 is 0. The Hall–Kier alpha value is -2.51. The topological polar surface area (TPSA) is 67.2 Å². The molecule has 0 unspecified atom stereocenters. The third kappa shape index (κ3) is 3.54. The molecule has 7 nitrogen and oxygen atoms in total. The van der Waals surface area contributed by atoms with Gasteiger partial charge in [0.25, 0.3) is 0 Å². The van der Waals surface area contributed by atoms with E-state index in [9.17, 15) is 9.18 Å². The zero-order chi connectivity index (χ0) is 17.9. The second kappa shape index (κ2) is 7.39. The average Bonchev–Trinajstić information content (AvgIpc) is 3.17. The molecule has 4 heterocycles. The summed E-state index contributed by atoms with van der Waals surface area (Å²) in [6, 6.07) is 0.288. The molecule has 8 heteroatoms. The van der Waals surface area contributed by atoms with E-state index < -0.39 is 5.82 Å². The summed E-state index contributed by atoms with van der Waals surface area (Å²) in [6.45, 7) is 3.27. The van der Waals surface area contributed by atoms with Crippen LogP contribution in [0.15, 0.2) is 31.1 Å². The summed E-state index contributed by atoms with van der Waals surface area (Å²) in [7, 11) is 0. The number of likely N-dealkylation sites (tertiary alicyclic amines) is 1. The molecule has 0 N–H and O–H groups in total. The number of amides is 1. The average molecular weight is 358 g/mol. The number of halogens is 1. The molecule has 2 atom stereocenters. The summed E-state index contributed by atoms with van der Waals surface area (Å²) < 4.78 is 15.1. The van der Waals surface area contributed by atoms with Crippen molar-refractivity contribution in [2.24, 2.45) is 5.92 Å². The molecule has 2 saturated heterocycles. The number of anilines is 1. The van der Waals surface area contributed by atoms with Crippen molar-refractivity contribution in [3.05, 3.63) is 36.9 Å². The zero-order valence-corrected chi connectivity index (χ0v) is 14.7. The summed E-state index contributed by atoms with van der Waals surface area (Å²) in [5.74, 6) is 0.844. The highest BCUT2D eigenvalue weighted by Crippen LogP contribution is 2.32. The van der Waals surface area contributed by atoms with E-state index in [0.717, 1.165) is 45.4 Å². The van der Waals surface area contributed by atoms with Gasteiger partial charge in [-0.05, 0) is 25.2 Å². The lowest BCUT2D eigenvalue weighted by atomic mass is 9.83. The van der Waals surface area contributed by atoms with E-state index in [0.29, 0.717) is 18.3 Å². The van der Waals surface area contributed by atoms with Crippen molar-refractivity contribution in [2.75, 3.05) is 24.5 Å². The third-order valence-corrected chi connectivity index (χ3v) is 5.41. The number of rotatable bonds is 5. The summed E-state index contributed by atoms with van der Waals surface area (Å²) in [5.41, 5.74) is 0. The normalized spacial score (nSPS) is 23.2. The minimum absolute atomic E-state index is 0.267. The Balaban J connectivity index is 1.37. The lowest BCUT2D eigenvalue weighted by Crippen LogP contribution is -2.56. The summed E-state index contributed by atoms with van der Waals surface area (Å²) in [6.07, 6.45) is 11.3. The van der Waals surface area contributed by atoms with Gasteiger partial charge < -0.3 is 14.4 Å². The van der Waals surface area contributed by atoms with Gasteiger partial charge in [-0.15, -0.1) is 0 Å². The van der Waals surface area contributed by atoms with Crippen LogP contribution in [0.1, 0.15) is 25.7 Å². The van der Waals surface area contributed by atoms with E-state index in [1.54, 1.807) is 6.20 Å². The molecular formula is C18H23FN6O. The fourth-order valence-electron chi connectivity index (χ4n) is 4.13. The Bertz CT molecular complexity index is 735. The number of fused-ring (bicyclic) bond motifs is 1. The first-order valence-electron chi connectivity index (χ1n) is 9.18. The van der Waals surface area contributed by atoms with Gasteiger partial charge in [0.15, 0.2) is 5.82 Å². The number of carbonyl (C=O) groups excluding carboxylic acids is 1. The van der Waals surface area contributed by atoms with Crippen molar-refractivity contribution < 1.29 is 9.18 Å². The zero-order valence-electron chi connectivity index (χ0n) is 14.7. The molecular weight excluding hydrogens is 335 g/mol. The van der Waals surface area contributed by atoms with Crippen LogP contribution in [0.5, 0.6) is 0 Å². The molecule has 0 aromatic carbocycles. The van der Waals surface area contributed by atoms with Gasteiger partial charge in [-0.25, -0.2) is 19.3 Å². The Kier molecular flexibility index (Phi) is 4.81. The molecule has 2 aromatic rings. The van der Waals surface area contributed by atoms with Gasteiger partial charge in [0.05, 0.1) is 18.7 Å². The molecule has 138 valence electrons. The van der Waals surface area contributed by atoms with Gasteiger partial charge in [-0.3, -0.25) is 4.79 Å². The predicted molar refractivity (Wildman–Crippen MR) is 93.9 cm³/mol. The number of aryl methyl sites for hydroxylation is 1. The maximum Gasteiger partial charge on any atom is 0.225 e. The number of carbonyl (C=O) groups is 1. The first kappa shape index (κ1) is 16.9. The standard InChI is InChI=1S/C18H23FN6O/c19-15-10-21-18(22-11-15)24-8-4-16-14(12-24)2-3-17(26)25(16)7-1-6-23-9-5-20-13-23/h5,9-11,13-14,16H,1-4,6-8,12H2/t14-,16+/m0/s1. The van der Waals surface area contributed by atoms with Crippen molar-refractivity contribution in [3.63, 3.8) is 0 Å². The van der Waals surface area contributed by atoms with Crippen LogP contribution in [-0.4, -0.2) is 56.0 Å². The molecule has 0 aliphatic carbocycles. The van der Waals surface area contributed by atoms with Crippen LogP contribution in [0, 0.1) is 11.7 Å². The quantitative estimate of drug-likeness (QED) is 0.814. The summed E-state index contributed by atoms with van der Waals surface area (Å²) in [5, 5.41) is 0. The number of nitrogens with zero attached hydrogens (tertiary/aromatic N) is 6. The van der Waals surface area contributed by atoms with E-state index in [2.05, 4.69) is 24.8 Å². The van der Waals surface area contributed by atoms with E-state index >= 15 is 0 Å². The monoisotopic (exact) mass is 358 g/mol. The van der Waals surface area contributed by atoms with Crippen LogP contribution < -0.4 is 4.90 Å². The van der Waals surface area contributed by atoms with Gasteiger partial charge in [0.1, 0.15) is 0 Å². The van der Waals surface area contributed by atoms with E-state index in [1.807, 2.05) is 17.1 Å². The second-order valence-corrected chi connectivity index (χ2v) is 7.04. The maximum atomic E-state index is 13.0. The lowest BCUT2D eigenvalue weighted by Gasteiger charge is -2.47. The van der Waals surface area contributed by atoms with Crippen molar-refractivity contribution in [1.29, 1.82) is 0 Å². The van der Waals surface area contributed by atoms with Crippen molar-refractivity contribution in [3.8, 4) is 0 Å². The Morgan fingerprint density at radius 1 is 1.19 bits per heavy atom. The molecule has 26 heavy (non-hydrogen) atoms. The highest BCUT2D eigenvalue weighted by Gasteiger charge is 2.39. The molecule has 4 rings (SSSR count). The van der Waals surface area contributed by atoms with Gasteiger partial charge in [-0.1, -0.05) is 0 Å². The Morgan fingerprint density at radius 2 is 2.04 bits per heavy atom. The van der Waals surface area contributed by atoms with Gasteiger partial charge in [0.2, 0.25) is 11.9 Å². The Morgan fingerprint density at radius 3 is 2.81 bits per heavy atom. The number of hydrogen-bond donors (Lipinski definition) is 0. The van der Waals surface area contributed by atoms with Gasteiger partial charge in [0, 0.05) is 51.0 Å². The largest absolute Gasteiger partial charge is 0.340 e. The molecule has 2 aliphatic heterocycles. The molecule has 2 aromatic heterocycles. The molecule has 0 radical (unpaired) electrons. The van der Waals surface area contributed by atoms with Gasteiger partial charge >= 0.3 is 0 Å². The van der Waals surface area contributed by atoms with Crippen LogP contribution in [0.2, 0.25) is 0 Å². The molecule has 2 fully saturated rings. The highest BCUT2D eigenvalue weighted by atomic mass is 19.1. The minimum Gasteiger partial charge on any atom is -0.340 e. The van der Waals surface area contributed by atoms with E-state index in [-0.39, 0.29) is 11.9 Å². The summed E-state index contributed by atoms with van der Waals surface area (Å²) in [4.78, 5) is 28.9. The maximum absolute atomic E-state index is 13.0. The number of hydrogen-bond acceptors (Lipinski definition) is 5. The second-order valence-electron chi connectivity index (χ2n) is 7.04. The van der Waals surface area contributed by atoms with Crippen LogP contribution in [0.3, 0.4) is 0 Å². The fraction of sp³-hybridized carbons (Fsp3) is 0.556. The van der Waals surface area contributed by atoms with Crippen LogP contribution in [0.25, 0.3) is 0 Å². The third-order valence-electron chi connectivity index (χ3n) is 5.41. The highest BCUT2D eigenvalue weighted by molar-refractivity contribution is 5.77. The van der Waals surface area contributed by atoms with Crippen molar-refractivity contribution in [2.45, 2.75) is 38.3 Å². The van der Waals surface area contributed by atoms with Crippen LogP contribution in [-0.2, 0) is 11.3 Å². The first-order valence-corrected chi connectivity index (χ1v) is 9.18. The molecule has 1 amide bonds. The van der Waals surface area contributed by atoms with E-state index in [4.69, 9.17) is 0 Å². The van der Waals surface area contributed by atoms with Crippen LogP contribution >= 0.6 is 0 Å². The minimum atomic E-state index is -0.420. The number of imidazole rings is 1. The van der Waals surface area contributed by atoms with Crippen LogP contribution in [0.4, 0.5) is 10.3 Å². The first-order chi connectivity index (χ1) is 12.7. The van der Waals surface area contributed by atoms with Crippen molar-refractivity contribution >= 4 is 11.9 Å². The predicted octanol–water partition coefficient (Wildman–Crippen LogP) is 1.72. The molecule has 2 aliphatic rings. The molecule has 0 bridgehead atoms. The van der Waals surface area contributed by atoms with Gasteiger partial charge in [-0.2, -0.15) is 0 Å². The SMILES string of the molecule is O=C1CC[C@H]2CN(c3ncc(F)cn3)CC[C@H]2N1CCCn1ccnc1. The number of piperidine rings is 2. The fourth-order valence-corrected chi connectivity index (χ4v) is 4.13.